The van der Waals surface area contributed by atoms with Crippen molar-refractivity contribution in [3.8, 4) is 5.75 Å². The molecule has 1 heterocycles. The van der Waals surface area contributed by atoms with Gasteiger partial charge in [-0.3, -0.25) is 0 Å². The lowest BCUT2D eigenvalue weighted by Crippen LogP contribution is -1.96. The van der Waals surface area contributed by atoms with Gasteiger partial charge in [-0.2, -0.15) is 0 Å². The van der Waals surface area contributed by atoms with Crippen LogP contribution in [0.3, 0.4) is 0 Å². The zero-order chi connectivity index (χ0) is 14.8. The average molecular weight is 344 g/mol. The van der Waals surface area contributed by atoms with E-state index >= 15 is 0 Å². The molecule has 0 fully saturated rings. The number of hydrogen-bond acceptors (Lipinski definition) is 4. The molecule has 0 aliphatic carbocycles. The molecule has 0 aliphatic rings. The largest absolute Gasteiger partial charge is 0.497 e. The van der Waals surface area contributed by atoms with Crippen molar-refractivity contribution < 1.29 is 4.74 Å². The molecule has 3 rings (SSSR count). The summed E-state index contributed by atoms with van der Waals surface area (Å²) in [5.41, 5.74) is 8.31. The minimum Gasteiger partial charge on any atom is -0.497 e. The van der Waals surface area contributed by atoms with E-state index in [1.807, 2.05) is 48.5 Å². The molecule has 1 aromatic heterocycles. The van der Waals surface area contributed by atoms with Crippen LogP contribution >= 0.6 is 15.9 Å². The van der Waals surface area contributed by atoms with Crippen LogP contribution in [0.4, 0.5) is 17.2 Å². The van der Waals surface area contributed by atoms with Crippen molar-refractivity contribution >= 4 is 44.0 Å². The molecule has 0 amide bonds. The Labute approximate surface area is 131 Å². The highest BCUT2D eigenvalue weighted by Gasteiger charge is 2.04. The third-order valence-corrected chi connectivity index (χ3v) is 3.84. The van der Waals surface area contributed by atoms with E-state index in [4.69, 9.17) is 10.5 Å². The molecule has 0 bridgehead atoms. The second-order valence-electron chi connectivity index (χ2n) is 4.62. The number of nitrogens with one attached hydrogen (secondary N) is 1. The zero-order valence-corrected chi connectivity index (χ0v) is 13.0. The van der Waals surface area contributed by atoms with Gasteiger partial charge in [-0.1, -0.05) is 0 Å². The summed E-state index contributed by atoms with van der Waals surface area (Å²) in [6, 6.07) is 15.3. The van der Waals surface area contributed by atoms with E-state index in [0.717, 1.165) is 38.3 Å². The number of pyridine rings is 1. The fourth-order valence-corrected chi connectivity index (χ4v) is 2.42. The zero-order valence-electron chi connectivity index (χ0n) is 11.4. The number of nitrogen functional groups attached to an aromatic ring is 1. The van der Waals surface area contributed by atoms with Gasteiger partial charge in [0, 0.05) is 21.6 Å². The first kappa shape index (κ1) is 13.7. The molecule has 0 saturated carbocycles. The van der Waals surface area contributed by atoms with Crippen LogP contribution in [0.15, 0.2) is 53.0 Å². The summed E-state index contributed by atoms with van der Waals surface area (Å²) in [6.07, 6.45) is 0. The lowest BCUT2D eigenvalue weighted by atomic mass is 10.2. The summed E-state index contributed by atoms with van der Waals surface area (Å²) in [5.74, 6) is 1.55. The third kappa shape index (κ3) is 2.92. The van der Waals surface area contributed by atoms with Crippen LogP contribution in [0.2, 0.25) is 0 Å². The fourth-order valence-electron chi connectivity index (χ4n) is 2.08. The maximum Gasteiger partial charge on any atom is 0.131 e. The number of anilines is 3. The number of methoxy groups -OCH3 is 1. The Balaban J connectivity index is 1.96. The SMILES string of the molecule is COc1ccc(Br)c(Nc2ccc3cc(N)ccc3n2)c1. The fraction of sp³-hybridized carbons (Fsp3) is 0.0625. The lowest BCUT2D eigenvalue weighted by Gasteiger charge is -2.10. The normalized spacial score (nSPS) is 10.6. The highest BCUT2D eigenvalue weighted by molar-refractivity contribution is 9.10. The van der Waals surface area contributed by atoms with Crippen LogP contribution in [0, 0.1) is 0 Å². The number of ether oxygens (including phenoxy) is 1. The predicted octanol–water partition coefficient (Wildman–Crippen LogP) is 4.33. The molecule has 3 N–H and O–H groups in total. The number of aromatic nitrogens is 1. The smallest absolute Gasteiger partial charge is 0.131 e. The standard InChI is InChI=1S/C16H14BrN3O/c1-21-12-4-5-13(17)15(9-12)20-16-7-2-10-8-11(18)3-6-14(10)19-16/h2-9H,18H2,1H3,(H,19,20). The Morgan fingerprint density at radius 2 is 1.95 bits per heavy atom. The van der Waals surface area contributed by atoms with Gasteiger partial charge in [-0.25, -0.2) is 4.98 Å². The van der Waals surface area contributed by atoms with Gasteiger partial charge in [0.2, 0.25) is 0 Å². The first-order chi connectivity index (χ1) is 10.2. The quantitative estimate of drug-likeness (QED) is 0.694. The molecule has 0 aliphatic heterocycles. The van der Waals surface area contributed by atoms with Crippen LogP contribution in [0.5, 0.6) is 5.75 Å². The molecule has 21 heavy (non-hydrogen) atoms. The second kappa shape index (κ2) is 5.61. The van der Waals surface area contributed by atoms with E-state index in [2.05, 4.69) is 26.2 Å². The third-order valence-electron chi connectivity index (χ3n) is 3.15. The Morgan fingerprint density at radius 1 is 1.10 bits per heavy atom. The molecular weight excluding hydrogens is 330 g/mol. The van der Waals surface area contributed by atoms with Gasteiger partial charge in [0.1, 0.15) is 11.6 Å². The summed E-state index contributed by atoms with van der Waals surface area (Å²) >= 11 is 3.51. The lowest BCUT2D eigenvalue weighted by molar-refractivity contribution is 0.415. The van der Waals surface area contributed by atoms with Crippen molar-refractivity contribution in [2.75, 3.05) is 18.2 Å². The molecule has 2 aromatic carbocycles. The topological polar surface area (TPSA) is 60.2 Å². The number of rotatable bonds is 3. The molecule has 0 saturated heterocycles. The number of hydrogen-bond donors (Lipinski definition) is 2. The first-order valence-electron chi connectivity index (χ1n) is 6.42. The number of benzene rings is 2. The van der Waals surface area contributed by atoms with E-state index in [1.165, 1.54) is 0 Å². The van der Waals surface area contributed by atoms with E-state index in [0.29, 0.717) is 0 Å². The maximum atomic E-state index is 5.77. The molecule has 4 nitrogen and oxygen atoms in total. The van der Waals surface area contributed by atoms with Gasteiger partial charge in [-0.05, 0) is 58.4 Å². The Morgan fingerprint density at radius 3 is 2.76 bits per heavy atom. The van der Waals surface area contributed by atoms with Crippen LogP contribution in [-0.4, -0.2) is 12.1 Å². The second-order valence-corrected chi connectivity index (χ2v) is 5.47. The van der Waals surface area contributed by atoms with E-state index < -0.39 is 0 Å². The van der Waals surface area contributed by atoms with Gasteiger partial charge >= 0.3 is 0 Å². The summed E-state index contributed by atoms with van der Waals surface area (Å²) in [4.78, 5) is 4.58. The molecular formula is C16H14BrN3O. The summed E-state index contributed by atoms with van der Waals surface area (Å²) in [6.45, 7) is 0. The number of halogens is 1. The van der Waals surface area contributed by atoms with Crippen molar-refractivity contribution in [1.29, 1.82) is 0 Å². The van der Waals surface area contributed by atoms with Crippen molar-refractivity contribution in [2.45, 2.75) is 0 Å². The van der Waals surface area contributed by atoms with Crippen molar-refractivity contribution in [1.82, 2.24) is 4.98 Å². The summed E-state index contributed by atoms with van der Waals surface area (Å²) in [5, 5.41) is 4.30. The predicted molar refractivity (Wildman–Crippen MR) is 90.1 cm³/mol. The van der Waals surface area contributed by atoms with Crippen molar-refractivity contribution in [2.24, 2.45) is 0 Å². The van der Waals surface area contributed by atoms with Crippen LogP contribution in [-0.2, 0) is 0 Å². The van der Waals surface area contributed by atoms with Crippen molar-refractivity contribution in [3.63, 3.8) is 0 Å². The monoisotopic (exact) mass is 343 g/mol. The number of nitrogens with zero attached hydrogens (tertiary/aromatic N) is 1. The van der Waals surface area contributed by atoms with Gasteiger partial charge in [0.25, 0.3) is 0 Å². The molecule has 0 spiro atoms. The minimum atomic E-state index is 0.737. The molecule has 5 heteroatoms. The number of nitrogens with two attached hydrogens (primary N) is 1. The maximum absolute atomic E-state index is 5.77. The van der Waals surface area contributed by atoms with Gasteiger partial charge in [-0.15, -0.1) is 0 Å². The molecule has 0 atom stereocenters. The first-order valence-corrected chi connectivity index (χ1v) is 7.22. The Hall–Kier alpha value is -2.27. The minimum absolute atomic E-state index is 0.737. The van der Waals surface area contributed by atoms with Crippen molar-refractivity contribution in [3.05, 3.63) is 53.0 Å². The van der Waals surface area contributed by atoms with Crippen LogP contribution in [0.1, 0.15) is 0 Å². The molecule has 106 valence electrons. The van der Waals surface area contributed by atoms with Gasteiger partial charge in [0.05, 0.1) is 18.3 Å². The summed E-state index contributed by atoms with van der Waals surface area (Å²) in [7, 11) is 1.64. The van der Waals surface area contributed by atoms with E-state index in [-0.39, 0.29) is 0 Å². The van der Waals surface area contributed by atoms with E-state index in [9.17, 15) is 0 Å². The Bertz CT molecular complexity index is 805. The summed E-state index contributed by atoms with van der Waals surface area (Å²) < 4.78 is 6.18. The number of fused-ring (bicyclic) bond motifs is 1. The highest BCUT2D eigenvalue weighted by atomic mass is 79.9. The van der Waals surface area contributed by atoms with E-state index in [1.54, 1.807) is 7.11 Å². The molecule has 3 aromatic rings. The molecule has 0 unspecified atom stereocenters. The van der Waals surface area contributed by atoms with Crippen LogP contribution < -0.4 is 15.8 Å². The highest BCUT2D eigenvalue weighted by Crippen LogP contribution is 2.30. The molecule has 0 radical (unpaired) electrons. The van der Waals surface area contributed by atoms with Gasteiger partial charge in [0.15, 0.2) is 0 Å². The van der Waals surface area contributed by atoms with Gasteiger partial charge < -0.3 is 15.8 Å². The average Bonchev–Trinajstić information content (AvgIpc) is 2.49. The van der Waals surface area contributed by atoms with Crippen LogP contribution in [0.25, 0.3) is 10.9 Å². The Kier molecular flexibility index (Phi) is 3.66.